The average Bonchev–Trinajstić information content (AvgIpc) is 2.60. The fraction of sp³-hybridized carbons (Fsp3) is 0.300. The molecule has 15 heavy (non-hydrogen) atoms. The maximum absolute atomic E-state index is 9.50. The van der Waals surface area contributed by atoms with Crippen LogP contribution in [0.5, 0.6) is 0 Å². The molecule has 0 amide bonds. The fourth-order valence-electron chi connectivity index (χ4n) is 1.33. The summed E-state index contributed by atoms with van der Waals surface area (Å²) >= 11 is 5.13. The molecule has 0 aliphatic rings. The molecule has 2 rings (SSSR count). The summed E-state index contributed by atoms with van der Waals surface area (Å²) in [4.78, 5) is 0. The Bertz CT molecular complexity index is 543. The first-order chi connectivity index (χ1) is 7.13. The predicted molar refractivity (Wildman–Crippen MR) is 58.9 cm³/mol. The molecule has 0 spiro atoms. The van der Waals surface area contributed by atoms with E-state index in [1.165, 1.54) is 0 Å². The molecule has 2 aromatic rings. The van der Waals surface area contributed by atoms with E-state index in [4.69, 9.17) is 21.1 Å². The number of hydroxylamine groups is 1. The standard InChI is InChI=1S/C10H11NO3S/c1-3-11(12)8-4-7(15)10-9(14-8)6(2)5-13-10/h4-5,12H,3H2,1-2H3. The van der Waals surface area contributed by atoms with Gasteiger partial charge in [0.15, 0.2) is 11.2 Å². The number of nitrogens with zero attached hydrogens (tertiary/aromatic N) is 1. The second-order valence-electron chi connectivity index (χ2n) is 3.24. The van der Waals surface area contributed by atoms with Crippen LogP contribution in [-0.4, -0.2) is 11.8 Å². The Hall–Kier alpha value is -1.33. The SMILES string of the molecule is CCN(O)c1cc(=S)c2occ(C)c2o1. The lowest BCUT2D eigenvalue weighted by molar-refractivity contribution is 0.239. The molecule has 2 heterocycles. The maximum Gasteiger partial charge on any atom is 0.221 e. The van der Waals surface area contributed by atoms with Gasteiger partial charge >= 0.3 is 0 Å². The van der Waals surface area contributed by atoms with E-state index in [0.29, 0.717) is 28.1 Å². The summed E-state index contributed by atoms with van der Waals surface area (Å²) in [6.45, 7) is 4.10. The zero-order valence-electron chi connectivity index (χ0n) is 8.48. The first kappa shape index (κ1) is 10.2. The third-order valence-electron chi connectivity index (χ3n) is 2.16. The van der Waals surface area contributed by atoms with Gasteiger partial charge in [-0.2, -0.15) is 0 Å². The summed E-state index contributed by atoms with van der Waals surface area (Å²) in [5, 5.41) is 10.5. The molecule has 4 nitrogen and oxygen atoms in total. The first-order valence-corrected chi connectivity index (χ1v) is 5.02. The van der Waals surface area contributed by atoms with Gasteiger partial charge in [0.1, 0.15) is 0 Å². The van der Waals surface area contributed by atoms with Crippen LogP contribution >= 0.6 is 12.2 Å². The van der Waals surface area contributed by atoms with Crippen molar-refractivity contribution in [2.24, 2.45) is 0 Å². The quantitative estimate of drug-likeness (QED) is 0.627. The van der Waals surface area contributed by atoms with Gasteiger partial charge < -0.3 is 8.83 Å². The highest BCUT2D eigenvalue weighted by Gasteiger charge is 2.11. The highest BCUT2D eigenvalue weighted by Crippen LogP contribution is 2.26. The van der Waals surface area contributed by atoms with E-state index in [1.54, 1.807) is 12.3 Å². The summed E-state index contributed by atoms with van der Waals surface area (Å²) in [5.74, 6) is 0.333. The Labute approximate surface area is 91.7 Å². The van der Waals surface area contributed by atoms with E-state index < -0.39 is 0 Å². The number of rotatable bonds is 2. The van der Waals surface area contributed by atoms with Crippen LogP contribution in [0.4, 0.5) is 5.88 Å². The molecule has 0 aliphatic heterocycles. The van der Waals surface area contributed by atoms with Crippen LogP contribution in [0.15, 0.2) is 21.2 Å². The highest BCUT2D eigenvalue weighted by atomic mass is 32.1. The lowest BCUT2D eigenvalue weighted by Crippen LogP contribution is -2.16. The summed E-state index contributed by atoms with van der Waals surface area (Å²) in [5.41, 5.74) is 2.00. The van der Waals surface area contributed by atoms with Gasteiger partial charge in [-0.1, -0.05) is 12.2 Å². The van der Waals surface area contributed by atoms with E-state index >= 15 is 0 Å². The van der Waals surface area contributed by atoms with Crippen molar-refractivity contribution in [1.29, 1.82) is 0 Å². The van der Waals surface area contributed by atoms with Crippen LogP contribution in [-0.2, 0) is 0 Å². The molecule has 80 valence electrons. The van der Waals surface area contributed by atoms with Crippen LogP contribution < -0.4 is 5.06 Å². The number of hydrogen-bond acceptors (Lipinski definition) is 5. The van der Waals surface area contributed by atoms with Gasteiger partial charge in [-0.25, -0.2) is 5.06 Å². The lowest BCUT2D eigenvalue weighted by Gasteiger charge is -2.12. The average molecular weight is 225 g/mol. The number of anilines is 1. The summed E-state index contributed by atoms with van der Waals surface area (Å²) in [6, 6.07) is 1.57. The van der Waals surface area contributed by atoms with Crippen molar-refractivity contribution < 1.29 is 14.0 Å². The van der Waals surface area contributed by atoms with E-state index in [1.807, 2.05) is 13.8 Å². The van der Waals surface area contributed by atoms with E-state index in [9.17, 15) is 5.21 Å². The van der Waals surface area contributed by atoms with E-state index in [0.717, 1.165) is 10.6 Å². The molecule has 5 heteroatoms. The zero-order valence-corrected chi connectivity index (χ0v) is 9.30. The maximum atomic E-state index is 9.50. The fourth-order valence-corrected chi connectivity index (χ4v) is 1.57. The normalized spacial score (nSPS) is 10.9. The smallest absolute Gasteiger partial charge is 0.221 e. The second kappa shape index (κ2) is 3.67. The molecule has 0 saturated carbocycles. The van der Waals surface area contributed by atoms with Crippen molar-refractivity contribution in [2.75, 3.05) is 11.6 Å². The van der Waals surface area contributed by atoms with Crippen molar-refractivity contribution >= 4 is 29.3 Å². The molecular weight excluding hydrogens is 214 g/mol. The minimum atomic E-state index is 0.333. The number of furan rings is 1. The molecule has 0 aromatic carbocycles. The van der Waals surface area contributed by atoms with Crippen molar-refractivity contribution in [3.8, 4) is 0 Å². The molecule has 0 fully saturated rings. The Kier molecular flexibility index (Phi) is 2.50. The molecule has 2 aromatic heterocycles. The zero-order chi connectivity index (χ0) is 11.0. The van der Waals surface area contributed by atoms with Crippen molar-refractivity contribution in [2.45, 2.75) is 13.8 Å². The lowest BCUT2D eigenvalue weighted by atomic mass is 10.3. The number of fused-ring (bicyclic) bond motifs is 1. The largest absolute Gasteiger partial charge is 0.459 e. The van der Waals surface area contributed by atoms with Crippen LogP contribution in [0, 0.1) is 11.4 Å². The minimum Gasteiger partial charge on any atom is -0.459 e. The first-order valence-electron chi connectivity index (χ1n) is 4.62. The van der Waals surface area contributed by atoms with Gasteiger partial charge in [-0.3, -0.25) is 5.21 Å². The Balaban J connectivity index is 2.70. The molecule has 0 bridgehead atoms. The third kappa shape index (κ3) is 1.64. The molecule has 0 aliphatic carbocycles. The van der Waals surface area contributed by atoms with E-state index in [-0.39, 0.29) is 0 Å². The van der Waals surface area contributed by atoms with Crippen LogP contribution in [0.3, 0.4) is 0 Å². The Morgan fingerprint density at radius 3 is 2.87 bits per heavy atom. The molecule has 0 radical (unpaired) electrons. The second-order valence-corrected chi connectivity index (χ2v) is 3.68. The van der Waals surface area contributed by atoms with Crippen LogP contribution in [0.1, 0.15) is 12.5 Å². The summed E-state index contributed by atoms with van der Waals surface area (Å²) in [7, 11) is 0. The van der Waals surface area contributed by atoms with Gasteiger partial charge in [0, 0.05) is 18.2 Å². The van der Waals surface area contributed by atoms with Crippen molar-refractivity contribution in [3.63, 3.8) is 0 Å². The molecule has 0 unspecified atom stereocenters. The molecular formula is C10H11NO3S. The monoisotopic (exact) mass is 225 g/mol. The minimum absolute atomic E-state index is 0.333. The van der Waals surface area contributed by atoms with Gasteiger partial charge in [-0.05, 0) is 13.8 Å². The number of hydrogen-bond donors (Lipinski definition) is 1. The Morgan fingerprint density at radius 2 is 2.20 bits per heavy atom. The summed E-state index contributed by atoms with van der Waals surface area (Å²) < 4.78 is 11.3. The number of aryl methyl sites for hydroxylation is 1. The molecule has 0 atom stereocenters. The topological polar surface area (TPSA) is 49.8 Å². The van der Waals surface area contributed by atoms with Crippen molar-refractivity contribution in [1.82, 2.24) is 0 Å². The molecule has 1 N–H and O–H groups in total. The van der Waals surface area contributed by atoms with Crippen LogP contribution in [0.25, 0.3) is 11.2 Å². The Morgan fingerprint density at radius 1 is 1.47 bits per heavy atom. The predicted octanol–water partition coefficient (Wildman–Crippen LogP) is 3.28. The third-order valence-corrected chi connectivity index (χ3v) is 2.46. The van der Waals surface area contributed by atoms with Gasteiger partial charge in [0.05, 0.1) is 10.8 Å². The van der Waals surface area contributed by atoms with Crippen LogP contribution in [0.2, 0.25) is 0 Å². The summed E-state index contributed by atoms with van der Waals surface area (Å²) in [6.07, 6.45) is 1.58. The van der Waals surface area contributed by atoms with Gasteiger partial charge in [-0.15, -0.1) is 0 Å². The highest BCUT2D eigenvalue weighted by molar-refractivity contribution is 7.71. The molecule has 0 saturated heterocycles. The van der Waals surface area contributed by atoms with Gasteiger partial charge in [0.2, 0.25) is 5.88 Å². The van der Waals surface area contributed by atoms with E-state index in [2.05, 4.69) is 0 Å². The van der Waals surface area contributed by atoms with Gasteiger partial charge in [0.25, 0.3) is 0 Å². The van der Waals surface area contributed by atoms with Crippen molar-refractivity contribution in [3.05, 3.63) is 22.4 Å².